The highest BCUT2D eigenvalue weighted by atomic mass is 16.4. The number of carboxylic acid groups (broad SMARTS) is 1. The predicted octanol–water partition coefficient (Wildman–Crippen LogP) is 1.96. The van der Waals surface area contributed by atoms with Gasteiger partial charge < -0.3 is 15.3 Å². The largest absolute Gasteiger partial charge is 0.481 e. The number of likely N-dealkylation sites (tertiary alicyclic amines) is 1. The van der Waals surface area contributed by atoms with Crippen molar-refractivity contribution in [2.45, 2.75) is 32.4 Å². The zero-order chi connectivity index (χ0) is 14.4. The lowest BCUT2D eigenvalue weighted by Gasteiger charge is -2.36. The Bertz CT molecular complexity index is 422. The summed E-state index contributed by atoms with van der Waals surface area (Å²) >= 11 is 0. The quantitative estimate of drug-likeness (QED) is 0.834. The van der Waals surface area contributed by atoms with Gasteiger partial charge in [-0.05, 0) is 24.9 Å². The monoisotopic (exact) mass is 276 g/mol. The highest BCUT2D eigenvalue weighted by Crippen LogP contribution is 2.18. The van der Waals surface area contributed by atoms with Crippen LogP contribution in [0.4, 0.5) is 0 Å². The fraction of sp³-hybridized carbons (Fsp3) is 0.562. The van der Waals surface area contributed by atoms with E-state index < -0.39 is 5.97 Å². The molecule has 20 heavy (non-hydrogen) atoms. The molecule has 2 N–H and O–H groups in total. The van der Waals surface area contributed by atoms with E-state index >= 15 is 0 Å². The van der Waals surface area contributed by atoms with E-state index in [1.165, 1.54) is 5.56 Å². The van der Waals surface area contributed by atoms with Gasteiger partial charge in [-0.15, -0.1) is 0 Å². The molecule has 0 saturated carbocycles. The highest BCUT2D eigenvalue weighted by Gasteiger charge is 2.30. The van der Waals surface area contributed by atoms with Crippen molar-refractivity contribution >= 4 is 5.97 Å². The normalized spacial score (nSPS) is 23.6. The van der Waals surface area contributed by atoms with Crippen molar-refractivity contribution in [2.75, 3.05) is 19.6 Å². The summed E-state index contributed by atoms with van der Waals surface area (Å²) in [7, 11) is 0. The van der Waals surface area contributed by atoms with Crippen LogP contribution in [0.3, 0.4) is 0 Å². The summed E-state index contributed by atoms with van der Waals surface area (Å²) in [5, 5.41) is 12.8. The van der Waals surface area contributed by atoms with Crippen LogP contribution in [0.15, 0.2) is 30.3 Å². The van der Waals surface area contributed by atoms with Crippen molar-refractivity contribution < 1.29 is 9.90 Å². The Morgan fingerprint density at radius 3 is 2.75 bits per heavy atom. The molecule has 1 aromatic rings. The first-order chi connectivity index (χ1) is 9.69. The van der Waals surface area contributed by atoms with E-state index in [9.17, 15) is 9.90 Å². The van der Waals surface area contributed by atoms with E-state index in [-0.39, 0.29) is 12.0 Å². The third-order valence-electron chi connectivity index (χ3n) is 3.85. The van der Waals surface area contributed by atoms with E-state index in [0.717, 1.165) is 32.5 Å². The molecule has 1 aromatic carbocycles. The number of carbonyl (C=O) groups is 1. The van der Waals surface area contributed by atoms with Crippen LogP contribution in [0, 0.1) is 5.92 Å². The van der Waals surface area contributed by atoms with Crippen molar-refractivity contribution in [1.29, 1.82) is 0 Å². The molecule has 0 bridgehead atoms. The maximum absolute atomic E-state index is 11.3. The SMILES string of the molecule is CCCN1CC(NCc2ccccc2)CC(C(=O)O)C1. The van der Waals surface area contributed by atoms with Crippen LogP contribution in [0.5, 0.6) is 0 Å². The van der Waals surface area contributed by atoms with E-state index in [0.29, 0.717) is 6.54 Å². The molecule has 1 saturated heterocycles. The Kier molecular flexibility index (Phi) is 5.56. The van der Waals surface area contributed by atoms with Crippen molar-refractivity contribution in [3.63, 3.8) is 0 Å². The van der Waals surface area contributed by atoms with Crippen LogP contribution in [-0.4, -0.2) is 41.7 Å². The first-order valence-electron chi connectivity index (χ1n) is 7.41. The molecular formula is C16H24N2O2. The van der Waals surface area contributed by atoms with Gasteiger partial charge in [0.15, 0.2) is 0 Å². The van der Waals surface area contributed by atoms with Gasteiger partial charge in [-0.3, -0.25) is 4.79 Å². The third kappa shape index (κ3) is 4.32. The Morgan fingerprint density at radius 2 is 2.10 bits per heavy atom. The zero-order valence-electron chi connectivity index (χ0n) is 12.1. The fourth-order valence-electron chi connectivity index (χ4n) is 2.87. The molecule has 0 radical (unpaired) electrons. The minimum absolute atomic E-state index is 0.247. The molecule has 0 spiro atoms. The fourth-order valence-corrected chi connectivity index (χ4v) is 2.87. The summed E-state index contributed by atoms with van der Waals surface area (Å²) in [4.78, 5) is 13.5. The van der Waals surface area contributed by atoms with Gasteiger partial charge in [-0.2, -0.15) is 0 Å². The average Bonchev–Trinajstić information content (AvgIpc) is 2.46. The molecule has 0 aliphatic carbocycles. The minimum Gasteiger partial charge on any atom is -0.481 e. The Labute approximate surface area is 120 Å². The Morgan fingerprint density at radius 1 is 1.35 bits per heavy atom. The summed E-state index contributed by atoms with van der Waals surface area (Å²) in [5.74, 6) is -0.916. The summed E-state index contributed by atoms with van der Waals surface area (Å²) in [6.07, 6.45) is 1.79. The van der Waals surface area contributed by atoms with Gasteiger partial charge in [0.05, 0.1) is 5.92 Å². The summed E-state index contributed by atoms with van der Waals surface area (Å²) in [6, 6.07) is 10.5. The highest BCUT2D eigenvalue weighted by molar-refractivity contribution is 5.70. The standard InChI is InChI=1S/C16H24N2O2/c1-2-8-18-11-14(16(19)20)9-15(12-18)17-10-13-6-4-3-5-7-13/h3-7,14-15,17H,2,8-12H2,1H3,(H,19,20). The van der Waals surface area contributed by atoms with Gasteiger partial charge >= 0.3 is 5.97 Å². The average molecular weight is 276 g/mol. The number of nitrogens with zero attached hydrogens (tertiary/aromatic N) is 1. The number of rotatable bonds is 6. The maximum atomic E-state index is 11.3. The molecule has 4 heteroatoms. The van der Waals surface area contributed by atoms with Gasteiger partial charge in [-0.25, -0.2) is 0 Å². The van der Waals surface area contributed by atoms with E-state index in [2.05, 4.69) is 29.3 Å². The van der Waals surface area contributed by atoms with Crippen LogP contribution < -0.4 is 5.32 Å². The molecule has 0 aromatic heterocycles. The lowest BCUT2D eigenvalue weighted by atomic mass is 9.94. The second-order valence-corrected chi connectivity index (χ2v) is 5.59. The van der Waals surface area contributed by atoms with E-state index in [1.54, 1.807) is 0 Å². The molecule has 2 unspecified atom stereocenters. The van der Waals surface area contributed by atoms with Crippen molar-refractivity contribution in [3.8, 4) is 0 Å². The molecule has 1 fully saturated rings. The van der Waals surface area contributed by atoms with Crippen LogP contribution in [0.2, 0.25) is 0 Å². The number of benzene rings is 1. The number of carboxylic acids is 1. The summed E-state index contributed by atoms with van der Waals surface area (Å²) in [6.45, 7) is 5.55. The van der Waals surface area contributed by atoms with Gasteiger partial charge in [-0.1, -0.05) is 37.3 Å². The lowest BCUT2D eigenvalue weighted by Crippen LogP contribution is -2.50. The predicted molar refractivity (Wildman–Crippen MR) is 79.5 cm³/mol. The first kappa shape index (κ1) is 15.0. The summed E-state index contributed by atoms with van der Waals surface area (Å²) < 4.78 is 0. The van der Waals surface area contributed by atoms with Crippen LogP contribution in [0.1, 0.15) is 25.3 Å². The molecule has 110 valence electrons. The van der Waals surface area contributed by atoms with Gasteiger partial charge in [0.1, 0.15) is 0 Å². The third-order valence-corrected chi connectivity index (χ3v) is 3.85. The second-order valence-electron chi connectivity index (χ2n) is 5.59. The van der Waals surface area contributed by atoms with Crippen molar-refractivity contribution in [1.82, 2.24) is 10.2 Å². The van der Waals surface area contributed by atoms with Gasteiger partial charge in [0.25, 0.3) is 0 Å². The van der Waals surface area contributed by atoms with Gasteiger partial charge in [0, 0.05) is 25.7 Å². The zero-order valence-corrected chi connectivity index (χ0v) is 12.1. The number of piperidine rings is 1. The molecule has 1 heterocycles. The van der Waals surface area contributed by atoms with Crippen LogP contribution in [-0.2, 0) is 11.3 Å². The number of nitrogens with one attached hydrogen (secondary N) is 1. The lowest BCUT2D eigenvalue weighted by molar-refractivity contribution is -0.144. The van der Waals surface area contributed by atoms with E-state index in [4.69, 9.17) is 0 Å². The molecular weight excluding hydrogens is 252 g/mol. The number of aliphatic carboxylic acids is 1. The maximum Gasteiger partial charge on any atom is 0.307 e. The van der Waals surface area contributed by atoms with Crippen LogP contribution >= 0.6 is 0 Å². The molecule has 0 amide bonds. The number of hydrogen-bond acceptors (Lipinski definition) is 3. The van der Waals surface area contributed by atoms with Crippen LogP contribution in [0.25, 0.3) is 0 Å². The molecule has 2 rings (SSSR count). The van der Waals surface area contributed by atoms with Crippen molar-refractivity contribution in [3.05, 3.63) is 35.9 Å². The minimum atomic E-state index is -0.669. The Balaban J connectivity index is 1.90. The Hall–Kier alpha value is -1.39. The molecule has 1 aliphatic heterocycles. The van der Waals surface area contributed by atoms with Crippen molar-refractivity contribution in [2.24, 2.45) is 5.92 Å². The number of hydrogen-bond donors (Lipinski definition) is 2. The molecule has 4 nitrogen and oxygen atoms in total. The summed E-state index contributed by atoms with van der Waals surface area (Å²) in [5.41, 5.74) is 1.24. The van der Waals surface area contributed by atoms with Gasteiger partial charge in [0.2, 0.25) is 0 Å². The smallest absolute Gasteiger partial charge is 0.307 e. The van der Waals surface area contributed by atoms with E-state index in [1.807, 2.05) is 18.2 Å². The second kappa shape index (κ2) is 7.41. The molecule has 1 aliphatic rings. The first-order valence-corrected chi connectivity index (χ1v) is 7.41. The topological polar surface area (TPSA) is 52.6 Å². The molecule has 2 atom stereocenters.